The molecular weight excluding hydrogens is 170 g/mol. The van der Waals surface area contributed by atoms with E-state index in [2.05, 4.69) is 10.7 Å². The Balaban J connectivity index is 2.28. The predicted molar refractivity (Wildman–Crippen MR) is 48.9 cm³/mol. The van der Waals surface area contributed by atoms with Crippen molar-refractivity contribution in [3.05, 3.63) is 0 Å². The van der Waals surface area contributed by atoms with E-state index in [9.17, 15) is 4.79 Å². The lowest BCUT2D eigenvalue weighted by molar-refractivity contribution is 0.0571. The Bertz CT molecular complexity index is 169. The van der Waals surface area contributed by atoms with Gasteiger partial charge in [0.15, 0.2) is 0 Å². The highest BCUT2D eigenvalue weighted by Crippen LogP contribution is 2.18. The Morgan fingerprint density at radius 3 is 2.69 bits per heavy atom. The molecule has 76 valence electrons. The number of hydrogen-bond acceptors (Lipinski definition) is 3. The fourth-order valence-corrected chi connectivity index (χ4v) is 1.58. The van der Waals surface area contributed by atoms with E-state index in [1.165, 1.54) is 0 Å². The molecule has 2 amide bonds. The second-order valence-corrected chi connectivity index (χ2v) is 3.36. The highest BCUT2D eigenvalue weighted by atomic mass is 16.5. The lowest BCUT2D eigenvalue weighted by Crippen LogP contribution is -2.47. The summed E-state index contributed by atoms with van der Waals surface area (Å²) in [6.45, 7) is 3.58. The van der Waals surface area contributed by atoms with Crippen LogP contribution in [0, 0.1) is 5.92 Å². The number of amides is 2. The van der Waals surface area contributed by atoms with Crippen LogP contribution in [0.5, 0.6) is 0 Å². The molecule has 1 fully saturated rings. The van der Waals surface area contributed by atoms with Crippen molar-refractivity contribution in [2.75, 3.05) is 13.2 Å². The van der Waals surface area contributed by atoms with Gasteiger partial charge in [0.05, 0.1) is 0 Å². The molecule has 0 saturated carbocycles. The summed E-state index contributed by atoms with van der Waals surface area (Å²) in [5, 5.41) is 2.77. The molecule has 1 saturated heterocycles. The Morgan fingerprint density at radius 1 is 1.54 bits per heavy atom. The van der Waals surface area contributed by atoms with Gasteiger partial charge in [0, 0.05) is 19.3 Å². The average molecular weight is 187 g/mol. The second kappa shape index (κ2) is 5.04. The van der Waals surface area contributed by atoms with Crippen LogP contribution in [0.25, 0.3) is 0 Å². The van der Waals surface area contributed by atoms with Gasteiger partial charge in [0.2, 0.25) is 0 Å². The fraction of sp³-hybridized carbons (Fsp3) is 0.875. The van der Waals surface area contributed by atoms with Crippen LogP contribution in [0.2, 0.25) is 0 Å². The molecule has 1 heterocycles. The van der Waals surface area contributed by atoms with Gasteiger partial charge >= 0.3 is 6.03 Å². The first-order chi connectivity index (χ1) is 6.24. The number of hydrazine groups is 1. The Labute approximate surface area is 78.0 Å². The van der Waals surface area contributed by atoms with Crippen LogP contribution in [0.15, 0.2) is 0 Å². The zero-order chi connectivity index (χ0) is 9.68. The van der Waals surface area contributed by atoms with E-state index in [1.807, 2.05) is 6.92 Å². The maximum atomic E-state index is 10.9. The normalized spacial score (nSPS) is 20.8. The third kappa shape index (κ3) is 3.20. The summed E-state index contributed by atoms with van der Waals surface area (Å²) in [5.41, 5.74) is 2.05. The zero-order valence-corrected chi connectivity index (χ0v) is 7.88. The molecule has 5 nitrogen and oxygen atoms in total. The molecule has 0 aromatic heterocycles. The lowest BCUT2D eigenvalue weighted by Gasteiger charge is -2.28. The average Bonchev–Trinajstić information content (AvgIpc) is 2.19. The van der Waals surface area contributed by atoms with Gasteiger partial charge in [-0.05, 0) is 25.7 Å². The van der Waals surface area contributed by atoms with E-state index in [1.54, 1.807) is 0 Å². The smallest absolute Gasteiger partial charge is 0.329 e. The maximum absolute atomic E-state index is 10.9. The summed E-state index contributed by atoms with van der Waals surface area (Å²) < 4.78 is 5.23. The number of hydrogen-bond donors (Lipinski definition) is 3. The van der Waals surface area contributed by atoms with Crippen molar-refractivity contribution >= 4 is 6.03 Å². The summed E-state index contributed by atoms with van der Waals surface area (Å²) in [4.78, 5) is 10.9. The molecule has 5 heteroatoms. The van der Waals surface area contributed by atoms with Gasteiger partial charge in [0.25, 0.3) is 0 Å². The van der Waals surface area contributed by atoms with Crippen molar-refractivity contribution in [1.29, 1.82) is 0 Å². The first-order valence-electron chi connectivity index (χ1n) is 4.59. The van der Waals surface area contributed by atoms with E-state index in [0.29, 0.717) is 5.92 Å². The van der Waals surface area contributed by atoms with Gasteiger partial charge in [-0.1, -0.05) is 0 Å². The number of carbonyl (C=O) groups excluding carboxylic acids is 1. The predicted octanol–water partition coefficient (Wildman–Crippen LogP) is -0.0256. The second-order valence-electron chi connectivity index (χ2n) is 3.36. The number of urea groups is 1. The molecule has 0 aromatic carbocycles. The zero-order valence-electron chi connectivity index (χ0n) is 7.88. The summed E-state index contributed by atoms with van der Waals surface area (Å²) in [5.74, 6) is 5.47. The Hall–Kier alpha value is -0.810. The van der Waals surface area contributed by atoms with Gasteiger partial charge in [-0.2, -0.15) is 0 Å². The summed E-state index contributed by atoms with van der Waals surface area (Å²) in [7, 11) is 0. The Morgan fingerprint density at radius 2 is 2.15 bits per heavy atom. The summed E-state index contributed by atoms with van der Waals surface area (Å²) >= 11 is 0. The van der Waals surface area contributed by atoms with E-state index < -0.39 is 0 Å². The summed E-state index contributed by atoms with van der Waals surface area (Å²) in [6.07, 6.45) is 2.01. The molecule has 13 heavy (non-hydrogen) atoms. The Kier molecular flexibility index (Phi) is 3.98. The molecular formula is C8H17N3O2. The fourth-order valence-electron chi connectivity index (χ4n) is 1.58. The first kappa shape index (κ1) is 10.3. The molecule has 1 rings (SSSR count). The molecule has 0 spiro atoms. The van der Waals surface area contributed by atoms with Crippen LogP contribution in [-0.2, 0) is 4.74 Å². The van der Waals surface area contributed by atoms with E-state index >= 15 is 0 Å². The maximum Gasteiger partial charge on any atom is 0.329 e. The van der Waals surface area contributed by atoms with Crippen LogP contribution in [-0.4, -0.2) is 25.3 Å². The largest absolute Gasteiger partial charge is 0.381 e. The molecule has 1 aliphatic rings. The molecule has 0 aromatic rings. The molecule has 4 N–H and O–H groups in total. The van der Waals surface area contributed by atoms with Crippen molar-refractivity contribution in [2.24, 2.45) is 11.8 Å². The number of nitrogens with one attached hydrogen (secondary N) is 2. The van der Waals surface area contributed by atoms with Gasteiger partial charge in [-0.25, -0.2) is 10.6 Å². The number of rotatable bonds is 2. The lowest BCUT2D eigenvalue weighted by atomic mass is 9.93. The first-order valence-corrected chi connectivity index (χ1v) is 4.59. The van der Waals surface area contributed by atoms with Crippen molar-refractivity contribution in [2.45, 2.75) is 25.8 Å². The summed E-state index contributed by atoms with van der Waals surface area (Å²) in [6, 6.07) is -0.161. The minimum Gasteiger partial charge on any atom is -0.381 e. The molecule has 0 aliphatic carbocycles. The molecule has 1 unspecified atom stereocenters. The molecule has 1 atom stereocenters. The van der Waals surface area contributed by atoms with Crippen molar-refractivity contribution in [1.82, 2.24) is 10.7 Å². The number of ether oxygens (including phenoxy) is 1. The number of carbonyl (C=O) groups is 1. The minimum atomic E-state index is -0.320. The quantitative estimate of drug-likeness (QED) is 0.323. The minimum absolute atomic E-state index is 0.160. The van der Waals surface area contributed by atoms with Gasteiger partial charge in [-0.15, -0.1) is 0 Å². The third-order valence-electron chi connectivity index (χ3n) is 2.46. The molecule has 0 radical (unpaired) electrons. The molecule has 0 bridgehead atoms. The van der Waals surface area contributed by atoms with Crippen LogP contribution in [0.3, 0.4) is 0 Å². The highest BCUT2D eigenvalue weighted by Gasteiger charge is 2.21. The van der Waals surface area contributed by atoms with Gasteiger partial charge in [0.1, 0.15) is 0 Å². The highest BCUT2D eigenvalue weighted by molar-refractivity contribution is 5.73. The van der Waals surface area contributed by atoms with Crippen molar-refractivity contribution in [3.8, 4) is 0 Å². The van der Waals surface area contributed by atoms with Gasteiger partial charge < -0.3 is 10.1 Å². The third-order valence-corrected chi connectivity index (χ3v) is 2.46. The van der Waals surface area contributed by atoms with Crippen LogP contribution >= 0.6 is 0 Å². The van der Waals surface area contributed by atoms with Crippen LogP contribution in [0.1, 0.15) is 19.8 Å². The standard InChI is InChI=1S/C8H17N3O2/c1-6(10-8(12)11-9)7-2-4-13-5-3-7/h6-7H,2-5,9H2,1H3,(H2,10,11,12). The van der Waals surface area contributed by atoms with Crippen LogP contribution in [0.4, 0.5) is 4.79 Å². The monoisotopic (exact) mass is 187 g/mol. The van der Waals surface area contributed by atoms with Crippen molar-refractivity contribution in [3.63, 3.8) is 0 Å². The van der Waals surface area contributed by atoms with Gasteiger partial charge in [-0.3, -0.25) is 5.43 Å². The topological polar surface area (TPSA) is 76.4 Å². The van der Waals surface area contributed by atoms with Crippen LogP contribution < -0.4 is 16.6 Å². The van der Waals surface area contributed by atoms with E-state index in [0.717, 1.165) is 26.1 Å². The van der Waals surface area contributed by atoms with Crippen molar-refractivity contribution < 1.29 is 9.53 Å². The van der Waals surface area contributed by atoms with E-state index in [4.69, 9.17) is 10.6 Å². The van der Waals surface area contributed by atoms with E-state index in [-0.39, 0.29) is 12.1 Å². The number of nitrogens with two attached hydrogens (primary N) is 1. The molecule has 1 aliphatic heterocycles. The SMILES string of the molecule is CC(NC(=O)NN)C1CCOCC1.